The van der Waals surface area contributed by atoms with Crippen LogP contribution < -0.4 is 0 Å². The van der Waals surface area contributed by atoms with Crippen molar-refractivity contribution >= 4 is 41.8 Å². The lowest BCUT2D eigenvalue weighted by molar-refractivity contribution is 1.15. The van der Waals surface area contributed by atoms with Gasteiger partial charge in [-0.15, -0.1) is 0 Å². The summed E-state index contributed by atoms with van der Waals surface area (Å²) in [5, 5.41) is 0.348. The lowest BCUT2D eigenvalue weighted by Crippen LogP contribution is -1.88. The summed E-state index contributed by atoms with van der Waals surface area (Å²) < 4.78 is 0. The van der Waals surface area contributed by atoms with E-state index in [1.165, 1.54) is 0 Å². The van der Waals surface area contributed by atoms with E-state index in [0.717, 1.165) is 0 Å². The largest absolute Gasteiger partial charge is 0.244 e. The van der Waals surface area contributed by atoms with Gasteiger partial charge < -0.3 is 0 Å². The van der Waals surface area contributed by atoms with Crippen molar-refractivity contribution < 1.29 is 0 Å². The molecule has 0 aliphatic heterocycles. The van der Waals surface area contributed by atoms with Gasteiger partial charge in [-0.1, -0.05) is 23.8 Å². The zero-order chi connectivity index (χ0) is 9.84. The molecule has 0 aliphatic rings. The first-order chi connectivity index (χ1) is 6.19. The number of hydrogen-bond acceptors (Lipinski definition) is 3. The fourth-order valence-electron chi connectivity index (χ4n) is 0.837. The van der Waals surface area contributed by atoms with Crippen molar-refractivity contribution in [3.63, 3.8) is 0 Å². The van der Waals surface area contributed by atoms with Gasteiger partial charge in [0.1, 0.15) is 5.15 Å². The first kappa shape index (κ1) is 10.2. The number of aromatic nitrogens is 2. The Labute approximate surface area is 86.1 Å². The fourth-order valence-corrected chi connectivity index (χ4v) is 1.27. The monoisotopic (exact) mass is 215 g/mol. The van der Waals surface area contributed by atoms with Gasteiger partial charge in [-0.2, -0.15) is 4.98 Å². The molecular formula is C8H7Cl2N3. The van der Waals surface area contributed by atoms with E-state index in [1.54, 1.807) is 6.08 Å². The summed E-state index contributed by atoms with van der Waals surface area (Å²) in [5.74, 6) is 0.392. The third-order valence-corrected chi connectivity index (χ3v) is 1.79. The van der Waals surface area contributed by atoms with Crippen molar-refractivity contribution in [3.8, 4) is 0 Å². The van der Waals surface area contributed by atoms with E-state index in [0.29, 0.717) is 11.4 Å². The highest BCUT2D eigenvalue weighted by molar-refractivity contribution is 6.33. The fraction of sp³-hybridized carbons (Fsp3) is 0.125. The Balaban J connectivity index is 3.37. The molecule has 1 heterocycles. The molecule has 0 aliphatic carbocycles. The van der Waals surface area contributed by atoms with Gasteiger partial charge in [-0.05, 0) is 25.2 Å². The van der Waals surface area contributed by atoms with Gasteiger partial charge >= 0.3 is 0 Å². The molecule has 68 valence electrons. The molecule has 0 radical (unpaired) electrons. The molecule has 13 heavy (non-hydrogen) atoms. The van der Waals surface area contributed by atoms with Crippen molar-refractivity contribution in [1.82, 2.24) is 9.97 Å². The van der Waals surface area contributed by atoms with Crippen LogP contribution in [0, 0.1) is 0 Å². The third kappa shape index (κ3) is 2.26. The minimum Gasteiger partial charge on any atom is -0.244 e. The maximum absolute atomic E-state index is 5.82. The number of halogens is 2. The van der Waals surface area contributed by atoms with Crippen LogP contribution in [0.15, 0.2) is 11.1 Å². The van der Waals surface area contributed by atoms with Gasteiger partial charge in [0.2, 0.25) is 5.28 Å². The van der Waals surface area contributed by atoms with Crippen LogP contribution in [0.2, 0.25) is 10.4 Å². The summed E-state index contributed by atoms with van der Waals surface area (Å²) in [7, 11) is 0. The van der Waals surface area contributed by atoms with Crippen LogP contribution in [0.1, 0.15) is 12.5 Å². The van der Waals surface area contributed by atoms with E-state index in [1.807, 2.05) is 13.0 Å². The van der Waals surface area contributed by atoms with Crippen LogP contribution in [0.25, 0.3) is 6.08 Å². The van der Waals surface area contributed by atoms with Gasteiger partial charge in [0, 0.05) is 0 Å². The Bertz CT molecular complexity index is 361. The van der Waals surface area contributed by atoms with Gasteiger partial charge in [0.25, 0.3) is 0 Å². The molecule has 0 unspecified atom stereocenters. The topological polar surface area (TPSA) is 38.1 Å². The average molecular weight is 216 g/mol. The maximum atomic E-state index is 5.82. The normalized spacial score (nSPS) is 10.7. The minimum absolute atomic E-state index is 0.0700. The quantitative estimate of drug-likeness (QED) is 0.432. The third-order valence-electron chi connectivity index (χ3n) is 1.33. The summed E-state index contributed by atoms with van der Waals surface area (Å²) in [6, 6.07) is 0. The predicted molar refractivity (Wildman–Crippen MR) is 56.0 cm³/mol. The number of aliphatic imine (C=N–C) groups is 1. The van der Waals surface area contributed by atoms with Gasteiger partial charge in [0.05, 0.1) is 5.56 Å². The minimum atomic E-state index is 0.0700. The summed E-state index contributed by atoms with van der Waals surface area (Å²) in [6.45, 7) is 5.22. The number of allylic oxidation sites excluding steroid dienone is 1. The van der Waals surface area contributed by atoms with E-state index in [4.69, 9.17) is 23.2 Å². The smallest absolute Gasteiger partial charge is 0.225 e. The van der Waals surface area contributed by atoms with E-state index in [2.05, 4.69) is 21.7 Å². The lowest BCUT2D eigenvalue weighted by atomic mass is 10.3. The molecule has 1 aromatic heterocycles. The Morgan fingerprint density at radius 3 is 2.62 bits per heavy atom. The molecule has 0 spiro atoms. The molecule has 0 bridgehead atoms. The second-order valence-corrected chi connectivity index (χ2v) is 2.87. The molecule has 0 N–H and O–H groups in total. The second kappa shape index (κ2) is 4.35. The van der Waals surface area contributed by atoms with Crippen molar-refractivity contribution in [3.05, 3.63) is 22.1 Å². The van der Waals surface area contributed by atoms with Crippen LogP contribution in [-0.4, -0.2) is 16.7 Å². The molecule has 5 heteroatoms. The van der Waals surface area contributed by atoms with Crippen LogP contribution >= 0.6 is 23.2 Å². The highest BCUT2D eigenvalue weighted by atomic mass is 35.5. The average Bonchev–Trinajstić information content (AvgIpc) is 2.09. The lowest BCUT2D eigenvalue weighted by Gasteiger charge is -2.01. The highest BCUT2D eigenvalue weighted by Gasteiger charge is 2.07. The highest BCUT2D eigenvalue weighted by Crippen LogP contribution is 2.25. The molecule has 0 fully saturated rings. The van der Waals surface area contributed by atoms with E-state index in [-0.39, 0.29) is 10.4 Å². The van der Waals surface area contributed by atoms with Crippen LogP contribution in [0.5, 0.6) is 0 Å². The molecule has 1 rings (SSSR count). The zero-order valence-corrected chi connectivity index (χ0v) is 8.47. The van der Waals surface area contributed by atoms with E-state index in [9.17, 15) is 0 Å². The van der Waals surface area contributed by atoms with E-state index < -0.39 is 0 Å². The molecular weight excluding hydrogens is 209 g/mol. The van der Waals surface area contributed by atoms with Crippen molar-refractivity contribution in [2.75, 3.05) is 0 Å². The maximum Gasteiger partial charge on any atom is 0.225 e. The van der Waals surface area contributed by atoms with Gasteiger partial charge in [-0.3, -0.25) is 0 Å². The molecule has 0 saturated carbocycles. The molecule has 1 aromatic rings. The van der Waals surface area contributed by atoms with Gasteiger partial charge in [-0.25, -0.2) is 9.98 Å². The van der Waals surface area contributed by atoms with Crippen molar-refractivity contribution in [1.29, 1.82) is 0 Å². The zero-order valence-electron chi connectivity index (χ0n) is 6.96. The molecule has 3 nitrogen and oxygen atoms in total. The van der Waals surface area contributed by atoms with Crippen LogP contribution in [0.3, 0.4) is 0 Å². The van der Waals surface area contributed by atoms with Crippen LogP contribution in [0.4, 0.5) is 5.82 Å². The predicted octanol–water partition coefficient (Wildman–Crippen LogP) is 3.15. The molecule has 0 saturated heterocycles. The standard InChI is InChI=1S/C8H7Cl2N3/c1-3-4-5-6(9)12-8(10)13-7(5)11-2/h3-4H,2H2,1H3/b4-3-. The summed E-state index contributed by atoms with van der Waals surface area (Å²) in [4.78, 5) is 11.3. The Kier molecular flexibility index (Phi) is 3.39. The van der Waals surface area contributed by atoms with Crippen molar-refractivity contribution in [2.45, 2.75) is 6.92 Å². The molecule has 0 aromatic carbocycles. The number of hydrogen-bond donors (Lipinski definition) is 0. The number of nitrogens with zero attached hydrogens (tertiary/aromatic N) is 3. The summed E-state index contributed by atoms with van der Waals surface area (Å²) >= 11 is 11.4. The Hall–Kier alpha value is -0.930. The first-order valence-electron chi connectivity index (χ1n) is 3.51. The van der Waals surface area contributed by atoms with Crippen molar-refractivity contribution in [2.24, 2.45) is 4.99 Å². The SMILES string of the molecule is C=Nc1nc(Cl)nc(Cl)c1/C=C\C. The van der Waals surface area contributed by atoms with Gasteiger partial charge in [0.15, 0.2) is 5.82 Å². The Morgan fingerprint density at radius 2 is 2.08 bits per heavy atom. The van der Waals surface area contributed by atoms with E-state index >= 15 is 0 Å². The Morgan fingerprint density at radius 1 is 1.38 bits per heavy atom. The summed E-state index contributed by atoms with van der Waals surface area (Å²) in [5.41, 5.74) is 0.628. The second-order valence-electron chi connectivity index (χ2n) is 2.18. The molecule has 0 amide bonds. The first-order valence-corrected chi connectivity index (χ1v) is 4.27. The number of rotatable bonds is 2. The summed E-state index contributed by atoms with van der Waals surface area (Å²) in [6.07, 6.45) is 3.57. The van der Waals surface area contributed by atoms with Crippen LogP contribution in [-0.2, 0) is 0 Å². The molecule has 0 atom stereocenters.